The minimum atomic E-state index is 0.508. The highest BCUT2D eigenvalue weighted by atomic mass is 16.1. The summed E-state index contributed by atoms with van der Waals surface area (Å²) >= 11 is 0. The predicted molar refractivity (Wildman–Crippen MR) is 62.4 cm³/mol. The molecule has 1 nitrogen and oxygen atoms in total. The molecule has 0 amide bonds. The smallest absolute Gasteiger partial charge is 0.120 e. The summed E-state index contributed by atoms with van der Waals surface area (Å²) in [6, 6.07) is 0. The van der Waals surface area contributed by atoms with E-state index in [2.05, 4.69) is 26.8 Å². The largest absolute Gasteiger partial charge is 0.303 e. The predicted octanol–water partition coefficient (Wildman–Crippen LogP) is 4.13. The van der Waals surface area contributed by atoms with Gasteiger partial charge >= 0.3 is 0 Å². The van der Waals surface area contributed by atoms with Gasteiger partial charge in [-0.15, -0.1) is 0 Å². The van der Waals surface area contributed by atoms with E-state index in [1.165, 1.54) is 31.3 Å². The SMILES string of the molecule is CCCCCC(C)=CCC(C)CC=O. The van der Waals surface area contributed by atoms with Gasteiger partial charge < -0.3 is 4.79 Å². The van der Waals surface area contributed by atoms with Crippen LogP contribution in [-0.2, 0) is 4.79 Å². The van der Waals surface area contributed by atoms with Crippen LogP contribution >= 0.6 is 0 Å². The van der Waals surface area contributed by atoms with Crippen LogP contribution in [0.3, 0.4) is 0 Å². The van der Waals surface area contributed by atoms with Crippen molar-refractivity contribution in [2.24, 2.45) is 5.92 Å². The minimum Gasteiger partial charge on any atom is -0.303 e. The van der Waals surface area contributed by atoms with Crippen LogP contribution in [0, 0.1) is 5.92 Å². The molecule has 0 fully saturated rings. The minimum absolute atomic E-state index is 0.508. The van der Waals surface area contributed by atoms with Crippen molar-refractivity contribution in [2.45, 2.75) is 59.3 Å². The normalized spacial score (nSPS) is 14.1. The quantitative estimate of drug-likeness (QED) is 0.324. The van der Waals surface area contributed by atoms with E-state index in [0.717, 1.165) is 12.7 Å². The first-order chi connectivity index (χ1) is 6.70. The number of allylic oxidation sites excluding steroid dienone is 2. The third kappa shape index (κ3) is 8.03. The molecule has 82 valence electrons. The number of carbonyl (C=O) groups is 1. The number of carbonyl (C=O) groups excluding carboxylic acids is 1. The number of hydrogen-bond acceptors (Lipinski definition) is 1. The topological polar surface area (TPSA) is 17.1 Å². The molecule has 1 heteroatoms. The van der Waals surface area contributed by atoms with Gasteiger partial charge in [0.1, 0.15) is 6.29 Å². The van der Waals surface area contributed by atoms with Gasteiger partial charge in [-0.25, -0.2) is 0 Å². The van der Waals surface area contributed by atoms with Gasteiger partial charge in [0.15, 0.2) is 0 Å². The lowest BCUT2D eigenvalue weighted by Crippen LogP contribution is -1.93. The van der Waals surface area contributed by atoms with Crippen molar-refractivity contribution in [1.29, 1.82) is 0 Å². The Bertz CT molecular complexity index is 170. The van der Waals surface area contributed by atoms with Crippen LogP contribution in [0.1, 0.15) is 59.3 Å². The van der Waals surface area contributed by atoms with E-state index in [1.54, 1.807) is 0 Å². The van der Waals surface area contributed by atoms with Crippen LogP contribution in [0.15, 0.2) is 11.6 Å². The maximum Gasteiger partial charge on any atom is 0.120 e. The Hall–Kier alpha value is -0.590. The highest BCUT2D eigenvalue weighted by Gasteiger charge is 1.98. The van der Waals surface area contributed by atoms with Gasteiger partial charge in [0.2, 0.25) is 0 Å². The van der Waals surface area contributed by atoms with Crippen molar-refractivity contribution in [1.82, 2.24) is 0 Å². The molecule has 1 atom stereocenters. The van der Waals surface area contributed by atoms with E-state index in [4.69, 9.17) is 0 Å². The van der Waals surface area contributed by atoms with Crippen molar-refractivity contribution < 1.29 is 4.79 Å². The molecule has 0 saturated heterocycles. The molecule has 0 aromatic carbocycles. The van der Waals surface area contributed by atoms with E-state index >= 15 is 0 Å². The molecule has 14 heavy (non-hydrogen) atoms. The first-order valence-electron chi connectivity index (χ1n) is 5.80. The molecule has 0 aliphatic heterocycles. The maximum absolute atomic E-state index is 10.3. The number of hydrogen-bond donors (Lipinski definition) is 0. The van der Waals surface area contributed by atoms with Gasteiger partial charge in [0, 0.05) is 6.42 Å². The molecule has 0 aliphatic rings. The lowest BCUT2D eigenvalue weighted by molar-refractivity contribution is -0.108. The molecule has 0 saturated carbocycles. The zero-order valence-electron chi connectivity index (χ0n) is 9.88. The second kappa shape index (κ2) is 8.98. The summed E-state index contributed by atoms with van der Waals surface area (Å²) in [5.41, 5.74) is 1.48. The van der Waals surface area contributed by atoms with E-state index < -0.39 is 0 Å². The molecular formula is C13H24O. The molecule has 1 unspecified atom stereocenters. The first-order valence-corrected chi connectivity index (χ1v) is 5.80. The van der Waals surface area contributed by atoms with Crippen LogP contribution in [0.4, 0.5) is 0 Å². The molecule has 0 rings (SSSR count). The van der Waals surface area contributed by atoms with Crippen molar-refractivity contribution in [3.05, 3.63) is 11.6 Å². The molecule has 0 aliphatic carbocycles. The van der Waals surface area contributed by atoms with E-state index in [0.29, 0.717) is 12.3 Å². The van der Waals surface area contributed by atoms with E-state index in [1.807, 2.05) is 0 Å². The van der Waals surface area contributed by atoms with Crippen LogP contribution in [0.25, 0.3) is 0 Å². The van der Waals surface area contributed by atoms with Gasteiger partial charge in [-0.05, 0) is 32.1 Å². The monoisotopic (exact) mass is 196 g/mol. The van der Waals surface area contributed by atoms with E-state index in [-0.39, 0.29) is 0 Å². The molecular weight excluding hydrogens is 172 g/mol. The second-order valence-corrected chi connectivity index (χ2v) is 4.25. The van der Waals surface area contributed by atoms with Gasteiger partial charge in [-0.2, -0.15) is 0 Å². The Morgan fingerprint density at radius 3 is 2.57 bits per heavy atom. The highest BCUT2D eigenvalue weighted by Crippen LogP contribution is 2.12. The molecule has 0 bridgehead atoms. The Kier molecular flexibility index (Phi) is 8.61. The number of aldehydes is 1. The third-order valence-corrected chi connectivity index (χ3v) is 2.54. The number of rotatable bonds is 8. The average molecular weight is 196 g/mol. The lowest BCUT2D eigenvalue weighted by atomic mass is 10.0. The van der Waals surface area contributed by atoms with Crippen molar-refractivity contribution in [3.63, 3.8) is 0 Å². The number of unbranched alkanes of at least 4 members (excludes halogenated alkanes) is 2. The third-order valence-electron chi connectivity index (χ3n) is 2.54. The molecule has 0 heterocycles. The summed E-state index contributed by atoms with van der Waals surface area (Å²) in [4.78, 5) is 10.3. The standard InChI is InChI=1S/C13H24O/c1-4-5-6-7-12(2)8-9-13(3)10-11-14/h8,11,13H,4-7,9-10H2,1-3H3. The van der Waals surface area contributed by atoms with Crippen LogP contribution in [-0.4, -0.2) is 6.29 Å². The summed E-state index contributed by atoms with van der Waals surface area (Å²) in [7, 11) is 0. The maximum atomic E-state index is 10.3. The summed E-state index contributed by atoms with van der Waals surface area (Å²) in [6.07, 6.45) is 10.2. The van der Waals surface area contributed by atoms with Gasteiger partial charge in [0.25, 0.3) is 0 Å². The first kappa shape index (κ1) is 13.4. The molecule has 0 spiro atoms. The van der Waals surface area contributed by atoms with Crippen molar-refractivity contribution >= 4 is 6.29 Å². The molecule has 0 aromatic heterocycles. The Morgan fingerprint density at radius 2 is 2.00 bits per heavy atom. The molecule has 0 aromatic rings. The van der Waals surface area contributed by atoms with E-state index in [9.17, 15) is 4.79 Å². The Morgan fingerprint density at radius 1 is 1.29 bits per heavy atom. The summed E-state index contributed by atoms with van der Waals surface area (Å²) < 4.78 is 0. The Balaban J connectivity index is 3.58. The van der Waals surface area contributed by atoms with Crippen molar-refractivity contribution in [3.8, 4) is 0 Å². The zero-order chi connectivity index (χ0) is 10.8. The van der Waals surface area contributed by atoms with Gasteiger partial charge in [-0.1, -0.05) is 38.3 Å². The summed E-state index contributed by atoms with van der Waals surface area (Å²) in [5.74, 6) is 0.508. The lowest BCUT2D eigenvalue weighted by Gasteiger charge is -2.05. The van der Waals surface area contributed by atoms with Gasteiger partial charge in [-0.3, -0.25) is 0 Å². The molecule has 0 N–H and O–H groups in total. The van der Waals surface area contributed by atoms with Crippen LogP contribution in [0.5, 0.6) is 0 Å². The fraction of sp³-hybridized carbons (Fsp3) is 0.769. The molecule has 0 radical (unpaired) electrons. The van der Waals surface area contributed by atoms with Crippen LogP contribution in [0.2, 0.25) is 0 Å². The van der Waals surface area contributed by atoms with Crippen molar-refractivity contribution in [2.75, 3.05) is 0 Å². The fourth-order valence-electron chi connectivity index (χ4n) is 1.42. The fourth-order valence-corrected chi connectivity index (χ4v) is 1.42. The summed E-state index contributed by atoms with van der Waals surface area (Å²) in [6.45, 7) is 6.55. The zero-order valence-corrected chi connectivity index (χ0v) is 9.88. The summed E-state index contributed by atoms with van der Waals surface area (Å²) in [5, 5.41) is 0. The van der Waals surface area contributed by atoms with Crippen LogP contribution < -0.4 is 0 Å². The Labute approximate surface area is 88.6 Å². The average Bonchev–Trinajstić information content (AvgIpc) is 2.16. The van der Waals surface area contributed by atoms with Gasteiger partial charge in [0.05, 0.1) is 0 Å². The second-order valence-electron chi connectivity index (χ2n) is 4.25. The highest BCUT2D eigenvalue weighted by molar-refractivity contribution is 5.49.